The number of hydrogen-bond acceptors (Lipinski definition) is 11. The van der Waals surface area contributed by atoms with Gasteiger partial charge >= 0.3 is 0 Å². The Morgan fingerprint density at radius 1 is 1.01 bits per heavy atom. The van der Waals surface area contributed by atoms with Gasteiger partial charge in [0.1, 0.15) is 17.3 Å². The van der Waals surface area contributed by atoms with Gasteiger partial charge in [-0.2, -0.15) is 5.10 Å². The van der Waals surface area contributed by atoms with Gasteiger partial charge in [0.2, 0.25) is 11.8 Å². The highest BCUT2D eigenvalue weighted by atomic mass is 32.1. The Labute approximate surface area is 432 Å². The number of benzene rings is 3. The zero-order valence-corrected chi connectivity index (χ0v) is 43.4. The van der Waals surface area contributed by atoms with Crippen LogP contribution in [0.1, 0.15) is 98.0 Å². The third-order valence-corrected chi connectivity index (χ3v) is 14.5. The van der Waals surface area contributed by atoms with Gasteiger partial charge in [0.05, 0.1) is 77.9 Å². The van der Waals surface area contributed by atoms with Crippen molar-refractivity contribution in [2.24, 2.45) is 5.41 Å². The number of rotatable bonds is 19. The predicted molar refractivity (Wildman–Crippen MR) is 278 cm³/mol. The van der Waals surface area contributed by atoms with E-state index in [0.717, 1.165) is 38.2 Å². The monoisotopic (exact) mass is 1040 g/mol. The number of H-pyrrole nitrogens is 1. The minimum atomic E-state index is -1.63. The molecule has 1 fully saturated rings. The predicted octanol–water partition coefficient (Wildman–Crippen LogP) is 7.13. The largest absolute Gasteiger partial charge is 0.391 e. The molecule has 6 atom stereocenters. The molecule has 0 saturated carbocycles. The summed E-state index contributed by atoms with van der Waals surface area (Å²) in [6.45, 7) is 13.1. The van der Waals surface area contributed by atoms with E-state index in [1.165, 1.54) is 55.2 Å². The number of aliphatic hydroxyl groups is 1. The van der Waals surface area contributed by atoms with E-state index in [0.29, 0.717) is 12.1 Å². The van der Waals surface area contributed by atoms with Gasteiger partial charge < -0.3 is 30.8 Å². The Kier molecular flexibility index (Phi) is 16.4. The smallest absolute Gasteiger partial charge is 0.255 e. The van der Waals surface area contributed by atoms with Gasteiger partial charge in [-0.1, -0.05) is 63.2 Å². The number of halogens is 3. The number of fused-ring (bicyclic) bond motifs is 3. The number of nitrogens with one attached hydrogen (secondary N) is 5. The Bertz CT molecular complexity index is 3010. The standard InChI is InChI=1S/C55H64F3N9O6S/c1-31-22-38-37-10-8-9-11-41(37)63-46(38)48(67(31)29-55(6,7)58)45-39(56)23-34(24-40(45)57)14-17-44(69)59-18-20-73-21-19-66-28-36(27-62-66)52(71)65-51(54(3,4)5)49(70)47-43(68)25-42(64-47)53(72)60-26-33-12-15-35(16-13-33)50-32(2)61-30-74-50/h8-17,23-24,27-28,30-31,42-43,47-48,51,63-64,68H,18-22,25-26,29H2,1-7H3,(H,59,69)(H,60,72)(H,65,71)/b17-14+/t31-,42+,43-,47?,48-,51-/m1/s1. The fourth-order valence-corrected chi connectivity index (χ4v) is 10.6. The number of hydrogen-bond donors (Lipinski definition) is 6. The van der Waals surface area contributed by atoms with E-state index >= 15 is 13.2 Å². The number of nitrogens with zero attached hydrogens (tertiary/aromatic N) is 4. The van der Waals surface area contributed by atoms with Crippen LogP contribution >= 0.6 is 11.3 Å². The molecule has 392 valence electrons. The minimum Gasteiger partial charge on any atom is -0.391 e. The lowest BCUT2D eigenvalue weighted by molar-refractivity contribution is -0.127. The van der Waals surface area contributed by atoms with Gasteiger partial charge in [-0.15, -0.1) is 11.3 Å². The molecule has 15 nitrogen and oxygen atoms in total. The van der Waals surface area contributed by atoms with Crippen molar-refractivity contribution >= 4 is 51.8 Å². The number of aryl methyl sites for hydroxylation is 1. The lowest BCUT2D eigenvalue weighted by Gasteiger charge is -2.43. The van der Waals surface area contributed by atoms with Crippen LogP contribution in [0.5, 0.6) is 0 Å². The number of ketones is 1. The van der Waals surface area contributed by atoms with E-state index in [1.807, 2.05) is 62.4 Å². The zero-order chi connectivity index (χ0) is 53.1. The van der Waals surface area contributed by atoms with Gasteiger partial charge in [0, 0.05) is 60.1 Å². The second-order valence-electron chi connectivity index (χ2n) is 20.9. The van der Waals surface area contributed by atoms with E-state index < -0.39 is 70.6 Å². The van der Waals surface area contributed by atoms with Crippen molar-refractivity contribution in [2.45, 2.75) is 116 Å². The van der Waals surface area contributed by atoms with Crippen LogP contribution in [0, 0.1) is 24.0 Å². The lowest BCUT2D eigenvalue weighted by atomic mass is 9.81. The molecule has 1 unspecified atom stereocenters. The fraction of sp³-hybridized carbons (Fsp3) is 0.418. The fourth-order valence-electron chi connectivity index (χ4n) is 9.80. The number of carbonyl (C=O) groups excluding carboxylic acids is 4. The summed E-state index contributed by atoms with van der Waals surface area (Å²) in [4.78, 5) is 63.9. The number of aliphatic hydroxyl groups excluding tert-OH is 1. The van der Waals surface area contributed by atoms with Crippen molar-refractivity contribution in [1.29, 1.82) is 0 Å². The number of aromatic amines is 1. The Balaban J connectivity index is 0.782. The molecule has 2 aliphatic heterocycles. The molecule has 8 rings (SSSR count). The summed E-state index contributed by atoms with van der Waals surface area (Å²) < 4.78 is 54.6. The first-order valence-corrected chi connectivity index (χ1v) is 25.7. The van der Waals surface area contributed by atoms with Crippen molar-refractivity contribution < 1.29 is 42.2 Å². The van der Waals surface area contributed by atoms with E-state index in [2.05, 4.69) is 36.3 Å². The number of ether oxygens (including phenoxy) is 1. The van der Waals surface area contributed by atoms with Crippen molar-refractivity contribution in [1.82, 2.24) is 45.9 Å². The van der Waals surface area contributed by atoms with Crippen molar-refractivity contribution in [3.63, 3.8) is 0 Å². The minimum absolute atomic E-state index is 0.0210. The topological polar surface area (TPSA) is 196 Å². The van der Waals surface area contributed by atoms with E-state index in [-0.39, 0.29) is 74.5 Å². The summed E-state index contributed by atoms with van der Waals surface area (Å²) in [7, 11) is 0. The first-order valence-electron chi connectivity index (χ1n) is 24.8. The second kappa shape index (κ2) is 22.5. The highest BCUT2D eigenvalue weighted by Crippen LogP contribution is 2.43. The number of Topliss-reactive ketones (excluding diaryl/α,β-unsaturated/α-hetero) is 1. The summed E-state index contributed by atoms with van der Waals surface area (Å²) in [6, 6.07) is 13.8. The van der Waals surface area contributed by atoms with Gasteiger partial charge in [-0.25, -0.2) is 18.2 Å². The van der Waals surface area contributed by atoms with E-state index in [4.69, 9.17) is 4.74 Å². The molecule has 1 saturated heterocycles. The third-order valence-electron chi connectivity index (χ3n) is 13.5. The Hall–Kier alpha value is -6.51. The molecular weight excluding hydrogens is 972 g/mol. The summed E-state index contributed by atoms with van der Waals surface area (Å²) in [5.74, 6) is -3.49. The summed E-state index contributed by atoms with van der Waals surface area (Å²) in [5.41, 5.74) is 4.84. The summed E-state index contributed by atoms with van der Waals surface area (Å²) in [6.07, 6.45) is 4.82. The van der Waals surface area contributed by atoms with Gasteiger partial charge in [0.25, 0.3) is 5.91 Å². The van der Waals surface area contributed by atoms with Crippen LogP contribution in [0.2, 0.25) is 0 Å². The molecule has 6 N–H and O–H groups in total. The number of aromatic nitrogens is 4. The second-order valence-corrected chi connectivity index (χ2v) is 21.7. The van der Waals surface area contributed by atoms with Gasteiger partial charge in [-0.05, 0) is 92.5 Å². The highest BCUT2D eigenvalue weighted by molar-refractivity contribution is 7.13. The molecule has 0 aliphatic carbocycles. The van der Waals surface area contributed by atoms with Crippen LogP contribution < -0.4 is 21.3 Å². The molecule has 0 spiro atoms. The lowest BCUT2D eigenvalue weighted by Crippen LogP contribution is -2.57. The van der Waals surface area contributed by atoms with Crippen LogP contribution in [0.25, 0.3) is 27.4 Å². The maximum absolute atomic E-state index is 16.1. The average molecular weight is 1040 g/mol. The number of amides is 3. The first kappa shape index (κ1) is 53.8. The first-order chi connectivity index (χ1) is 35.1. The summed E-state index contributed by atoms with van der Waals surface area (Å²) >= 11 is 1.56. The molecule has 6 aromatic rings. The molecule has 19 heteroatoms. The Morgan fingerprint density at radius 2 is 1.74 bits per heavy atom. The van der Waals surface area contributed by atoms with E-state index in [1.54, 1.807) is 42.5 Å². The summed E-state index contributed by atoms with van der Waals surface area (Å²) in [5, 5.41) is 27.6. The molecule has 3 aromatic heterocycles. The van der Waals surface area contributed by atoms with Crippen molar-refractivity contribution in [2.75, 3.05) is 26.3 Å². The van der Waals surface area contributed by atoms with Gasteiger partial charge in [-0.3, -0.25) is 34.1 Å². The van der Waals surface area contributed by atoms with E-state index in [9.17, 15) is 24.3 Å². The molecule has 0 radical (unpaired) electrons. The van der Waals surface area contributed by atoms with Crippen molar-refractivity contribution in [3.05, 3.63) is 135 Å². The van der Waals surface area contributed by atoms with Crippen LogP contribution in [-0.2, 0) is 38.6 Å². The molecule has 2 aliphatic rings. The van der Waals surface area contributed by atoms with Crippen LogP contribution in [0.3, 0.4) is 0 Å². The molecule has 74 heavy (non-hydrogen) atoms. The Morgan fingerprint density at radius 3 is 2.43 bits per heavy atom. The highest BCUT2D eigenvalue weighted by Gasteiger charge is 2.46. The molecule has 3 aromatic carbocycles. The molecule has 5 heterocycles. The molecule has 0 bridgehead atoms. The number of thiazole rings is 1. The van der Waals surface area contributed by atoms with Crippen molar-refractivity contribution in [3.8, 4) is 10.4 Å². The SMILES string of the molecule is Cc1ncsc1-c1ccc(CNC(=O)[C@@H]2C[C@@H](O)C(C(=O)[C@@H](NC(=O)c3cnn(CCOCCNC(=O)/C=C/c4cc(F)c([C@@H]5c6[nH]c7ccccc7c6C[C@@H](C)N5CC(C)(C)F)c(F)c4)c3)C(C)(C)C)N2)cc1. The molecule has 3 amide bonds. The third kappa shape index (κ3) is 12.5. The van der Waals surface area contributed by atoms with Crippen LogP contribution in [0.4, 0.5) is 13.2 Å². The van der Waals surface area contributed by atoms with Gasteiger partial charge in [0.15, 0.2) is 5.78 Å². The average Bonchev–Trinajstić information content (AvgIpc) is 4.17. The molecular formula is C55H64F3N9O6S. The zero-order valence-electron chi connectivity index (χ0n) is 42.6. The normalized spacial score (nSPS) is 19.7. The van der Waals surface area contributed by atoms with Crippen LogP contribution in [0.15, 0.2) is 84.6 Å². The number of carbonyl (C=O) groups is 4. The maximum atomic E-state index is 16.1. The van der Waals surface area contributed by atoms with Crippen LogP contribution in [-0.4, -0.2) is 116 Å². The quantitative estimate of drug-likeness (QED) is 0.0359. The number of alkyl halides is 1. The maximum Gasteiger partial charge on any atom is 0.255 e. The number of para-hydroxylation sites is 1.